The fourth-order valence-electron chi connectivity index (χ4n) is 2.68. The Hall–Kier alpha value is -0.980. The zero-order valence-corrected chi connectivity index (χ0v) is 13.1. The van der Waals surface area contributed by atoms with Gasteiger partial charge in [0.05, 0.1) is 22.2 Å². The van der Waals surface area contributed by atoms with Gasteiger partial charge < -0.3 is 15.4 Å². The van der Waals surface area contributed by atoms with Gasteiger partial charge in [-0.1, -0.05) is 6.42 Å². The molecule has 2 rings (SSSR count). The van der Waals surface area contributed by atoms with E-state index in [1.54, 1.807) is 7.11 Å². The molecule has 1 aromatic heterocycles. The lowest BCUT2D eigenvalue weighted by atomic mass is 10.0. The molecular formula is C14H24N4OS. The highest BCUT2D eigenvalue weighted by atomic mass is 32.1. The number of aromatic nitrogens is 1. The van der Waals surface area contributed by atoms with Crippen molar-refractivity contribution in [2.75, 3.05) is 20.2 Å². The van der Waals surface area contributed by atoms with E-state index >= 15 is 0 Å². The van der Waals surface area contributed by atoms with Crippen molar-refractivity contribution in [1.82, 2.24) is 9.88 Å². The maximum absolute atomic E-state index is 7.61. The quantitative estimate of drug-likeness (QED) is 0.622. The summed E-state index contributed by atoms with van der Waals surface area (Å²) in [4.78, 5) is 7.87. The van der Waals surface area contributed by atoms with Crippen LogP contribution in [0.4, 0.5) is 0 Å². The predicted molar refractivity (Wildman–Crippen MR) is 82.4 cm³/mol. The standard InChI is InChI=1S/C14H24N4OS/c1-10-5-3-4-7-18(10)8-6-12-17-11(9-19-2)13(20-12)14(15)16/h10H,3-9H2,1-2H3,(H3,15,16). The van der Waals surface area contributed by atoms with Crippen molar-refractivity contribution in [3.8, 4) is 0 Å². The zero-order valence-electron chi connectivity index (χ0n) is 12.3. The summed E-state index contributed by atoms with van der Waals surface area (Å²) >= 11 is 1.53. The minimum atomic E-state index is 0.0899. The van der Waals surface area contributed by atoms with Gasteiger partial charge in [0, 0.05) is 26.1 Å². The van der Waals surface area contributed by atoms with Crippen LogP contribution in [0.2, 0.25) is 0 Å². The molecule has 0 aliphatic carbocycles. The van der Waals surface area contributed by atoms with E-state index in [1.807, 2.05) is 0 Å². The number of likely N-dealkylation sites (tertiary alicyclic amines) is 1. The molecule has 1 saturated heterocycles. The van der Waals surface area contributed by atoms with Gasteiger partial charge in [-0.3, -0.25) is 5.41 Å². The molecule has 0 saturated carbocycles. The lowest BCUT2D eigenvalue weighted by Gasteiger charge is -2.32. The van der Waals surface area contributed by atoms with Crippen LogP contribution in [-0.2, 0) is 17.8 Å². The zero-order chi connectivity index (χ0) is 14.5. The van der Waals surface area contributed by atoms with Gasteiger partial charge in [0.15, 0.2) is 0 Å². The maximum Gasteiger partial charge on any atom is 0.135 e. The molecule has 1 atom stereocenters. The second kappa shape index (κ2) is 7.15. The molecule has 0 radical (unpaired) electrons. The summed E-state index contributed by atoms with van der Waals surface area (Å²) in [5.41, 5.74) is 6.40. The molecule has 1 fully saturated rings. The number of rotatable bonds is 6. The summed E-state index contributed by atoms with van der Waals surface area (Å²) in [6.07, 6.45) is 4.88. The Balaban J connectivity index is 1.98. The molecule has 0 amide bonds. The number of nitrogens with two attached hydrogens (primary N) is 1. The Bertz CT molecular complexity index is 460. The Morgan fingerprint density at radius 3 is 3.00 bits per heavy atom. The van der Waals surface area contributed by atoms with Crippen LogP contribution in [-0.4, -0.2) is 42.0 Å². The van der Waals surface area contributed by atoms with E-state index in [1.165, 1.54) is 37.1 Å². The summed E-state index contributed by atoms with van der Waals surface area (Å²) in [6.45, 7) is 4.96. The van der Waals surface area contributed by atoms with Crippen molar-refractivity contribution < 1.29 is 4.74 Å². The average molecular weight is 296 g/mol. The van der Waals surface area contributed by atoms with Crippen LogP contribution in [0.3, 0.4) is 0 Å². The molecule has 0 aromatic carbocycles. The largest absolute Gasteiger partial charge is 0.383 e. The van der Waals surface area contributed by atoms with Crippen LogP contribution in [0.25, 0.3) is 0 Å². The molecule has 3 N–H and O–H groups in total. The normalized spacial score (nSPS) is 20.2. The number of hydrogen-bond donors (Lipinski definition) is 2. The molecule has 1 aliphatic rings. The van der Waals surface area contributed by atoms with E-state index in [0.717, 1.165) is 28.5 Å². The first-order valence-corrected chi connectivity index (χ1v) is 7.99. The topological polar surface area (TPSA) is 75.2 Å². The van der Waals surface area contributed by atoms with Gasteiger partial charge >= 0.3 is 0 Å². The fraction of sp³-hybridized carbons (Fsp3) is 0.714. The van der Waals surface area contributed by atoms with E-state index in [4.69, 9.17) is 15.9 Å². The molecule has 2 heterocycles. The number of thiazole rings is 1. The molecule has 1 aromatic rings. The molecule has 1 aliphatic heterocycles. The first kappa shape index (κ1) is 15.4. The molecular weight excluding hydrogens is 272 g/mol. The van der Waals surface area contributed by atoms with Crippen molar-refractivity contribution in [3.63, 3.8) is 0 Å². The minimum Gasteiger partial charge on any atom is -0.383 e. The average Bonchev–Trinajstić information content (AvgIpc) is 2.82. The Morgan fingerprint density at radius 1 is 1.55 bits per heavy atom. The lowest BCUT2D eigenvalue weighted by Crippen LogP contribution is -2.38. The highest BCUT2D eigenvalue weighted by molar-refractivity contribution is 7.13. The van der Waals surface area contributed by atoms with E-state index in [9.17, 15) is 0 Å². The molecule has 0 spiro atoms. The third kappa shape index (κ3) is 3.77. The lowest BCUT2D eigenvalue weighted by molar-refractivity contribution is 0.162. The molecule has 1 unspecified atom stereocenters. The number of nitrogens with zero attached hydrogens (tertiary/aromatic N) is 2. The second-order valence-corrected chi connectivity index (χ2v) is 6.44. The SMILES string of the molecule is COCc1nc(CCN2CCCCC2C)sc1C(=N)N. The van der Waals surface area contributed by atoms with E-state index < -0.39 is 0 Å². The van der Waals surface area contributed by atoms with E-state index in [0.29, 0.717) is 12.6 Å². The third-order valence-corrected chi connectivity index (χ3v) is 5.01. The minimum absolute atomic E-state index is 0.0899. The fourth-order valence-corrected chi connectivity index (χ4v) is 3.60. The number of nitrogen functional groups attached to an aromatic ring is 1. The number of piperidine rings is 1. The van der Waals surface area contributed by atoms with Gasteiger partial charge in [0.25, 0.3) is 0 Å². The predicted octanol–water partition coefficient (Wildman–Crippen LogP) is 1.99. The van der Waals surface area contributed by atoms with Crippen molar-refractivity contribution in [1.29, 1.82) is 5.41 Å². The van der Waals surface area contributed by atoms with Crippen molar-refractivity contribution in [2.24, 2.45) is 5.73 Å². The summed E-state index contributed by atoms with van der Waals surface area (Å²) in [5.74, 6) is 0.0899. The molecule has 6 heteroatoms. The Kier molecular flexibility index (Phi) is 5.51. The third-order valence-electron chi connectivity index (χ3n) is 3.82. The van der Waals surface area contributed by atoms with Gasteiger partial charge in [-0.25, -0.2) is 4.98 Å². The van der Waals surface area contributed by atoms with Gasteiger partial charge in [0.1, 0.15) is 5.84 Å². The Labute approximate surface area is 124 Å². The summed E-state index contributed by atoms with van der Waals surface area (Å²) in [6, 6.07) is 0.675. The monoisotopic (exact) mass is 296 g/mol. The highest BCUT2D eigenvalue weighted by Crippen LogP contribution is 2.21. The summed E-state index contributed by atoms with van der Waals surface area (Å²) in [5, 5.41) is 8.67. The Morgan fingerprint density at radius 2 is 2.35 bits per heavy atom. The van der Waals surface area contributed by atoms with E-state index in [-0.39, 0.29) is 5.84 Å². The first-order valence-electron chi connectivity index (χ1n) is 7.17. The summed E-state index contributed by atoms with van der Waals surface area (Å²) < 4.78 is 5.13. The number of amidine groups is 1. The number of ether oxygens (including phenoxy) is 1. The van der Waals surface area contributed by atoms with Crippen LogP contribution in [0.1, 0.15) is 41.8 Å². The molecule has 5 nitrogen and oxygen atoms in total. The molecule has 0 bridgehead atoms. The number of hydrogen-bond acceptors (Lipinski definition) is 5. The van der Waals surface area contributed by atoms with E-state index in [2.05, 4.69) is 16.8 Å². The number of methoxy groups -OCH3 is 1. The summed E-state index contributed by atoms with van der Waals surface area (Å²) in [7, 11) is 1.64. The van der Waals surface area contributed by atoms with Gasteiger partial charge in [-0.2, -0.15) is 0 Å². The smallest absolute Gasteiger partial charge is 0.135 e. The van der Waals surface area contributed by atoms with Gasteiger partial charge in [-0.15, -0.1) is 11.3 Å². The van der Waals surface area contributed by atoms with Gasteiger partial charge in [-0.05, 0) is 26.3 Å². The number of nitrogens with one attached hydrogen (secondary N) is 1. The van der Waals surface area contributed by atoms with Crippen LogP contribution in [0.15, 0.2) is 0 Å². The van der Waals surface area contributed by atoms with Crippen molar-refractivity contribution >= 4 is 17.2 Å². The van der Waals surface area contributed by atoms with Crippen LogP contribution >= 0.6 is 11.3 Å². The highest BCUT2D eigenvalue weighted by Gasteiger charge is 2.19. The van der Waals surface area contributed by atoms with Gasteiger partial charge in [0.2, 0.25) is 0 Å². The van der Waals surface area contributed by atoms with Crippen molar-refractivity contribution in [3.05, 3.63) is 15.6 Å². The van der Waals surface area contributed by atoms with Crippen LogP contribution in [0, 0.1) is 5.41 Å². The first-order chi connectivity index (χ1) is 9.61. The second-order valence-electron chi connectivity index (χ2n) is 5.36. The molecule has 112 valence electrons. The molecule has 20 heavy (non-hydrogen) atoms. The maximum atomic E-state index is 7.61. The van der Waals surface area contributed by atoms with Crippen LogP contribution < -0.4 is 5.73 Å². The van der Waals surface area contributed by atoms with Crippen molar-refractivity contribution in [2.45, 2.75) is 45.3 Å². The van der Waals surface area contributed by atoms with Crippen LogP contribution in [0.5, 0.6) is 0 Å².